The number of carbonyl (C=O) groups is 3. The van der Waals surface area contributed by atoms with Gasteiger partial charge in [0.25, 0.3) is 0 Å². The van der Waals surface area contributed by atoms with Gasteiger partial charge < -0.3 is 9.47 Å². The minimum Gasteiger partial charge on any atom is -0.465 e. The highest BCUT2D eigenvalue weighted by Gasteiger charge is 2.37. The number of rotatable bonds is 5. The van der Waals surface area contributed by atoms with Gasteiger partial charge in [0.1, 0.15) is 12.3 Å². The molecule has 0 radical (unpaired) electrons. The van der Waals surface area contributed by atoms with Crippen LogP contribution in [0.1, 0.15) is 35.2 Å². The molecule has 1 atom stereocenters. The van der Waals surface area contributed by atoms with Crippen molar-refractivity contribution in [3.05, 3.63) is 35.4 Å². The van der Waals surface area contributed by atoms with Crippen molar-refractivity contribution in [3.8, 4) is 0 Å². The molecule has 0 saturated carbocycles. The standard InChI is InChI=1S/C18H20N2O7S/c1-26-17(22)13-4-2-3-12(9-13)10-27-18(23)15-5-6-16(21)20(19-15)14-7-8-28(24,25)11-14/h2-4,9,14H,5-8,10-11H2,1H3/t14-/m1/s1. The number of hydrazone groups is 1. The van der Waals surface area contributed by atoms with E-state index in [1.807, 2.05) is 0 Å². The molecule has 9 nitrogen and oxygen atoms in total. The van der Waals surface area contributed by atoms with Crippen molar-refractivity contribution in [2.75, 3.05) is 18.6 Å². The zero-order valence-electron chi connectivity index (χ0n) is 15.3. The molecule has 0 spiro atoms. The molecule has 1 fully saturated rings. The van der Waals surface area contributed by atoms with Crippen molar-refractivity contribution in [3.63, 3.8) is 0 Å². The Bertz CT molecular complexity index is 939. The number of hydrogen-bond acceptors (Lipinski definition) is 8. The van der Waals surface area contributed by atoms with E-state index in [4.69, 9.17) is 4.74 Å². The number of hydrogen-bond donors (Lipinski definition) is 0. The molecule has 0 N–H and O–H groups in total. The van der Waals surface area contributed by atoms with Crippen molar-refractivity contribution in [2.24, 2.45) is 5.10 Å². The summed E-state index contributed by atoms with van der Waals surface area (Å²) < 4.78 is 33.2. The monoisotopic (exact) mass is 408 g/mol. The van der Waals surface area contributed by atoms with E-state index in [1.165, 1.54) is 7.11 Å². The van der Waals surface area contributed by atoms with Gasteiger partial charge in [-0.2, -0.15) is 5.10 Å². The van der Waals surface area contributed by atoms with Crippen LogP contribution in [0.25, 0.3) is 0 Å². The lowest BCUT2D eigenvalue weighted by molar-refractivity contribution is -0.138. The third-order valence-corrected chi connectivity index (χ3v) is 6.32. The summed E-state index contributed by atoms with van der Waals surface area (Å²) in [7, 11) is -1.91. The number of ether oxygens (including phenoxy) is 2. The maximum Gasteiger partial charge on any atom is 0.354 e. The minimum absolute atomic E-state index is 0.00722. The van der Waals surface area contributed by atoms with Crippen LogP contribution >= 0.6 is 0 Å². The largest absolute Gasteiger partial charge is 0.465 e. The van der Waals surface area contributed by atoms with E-state index >= 15 is 0 Å². The van der Waals surface area contributed by atoms with E-state index in [0.29, 0.717) is 17.5 Å². The predicted octanol–water partition coefficient (Wildman–Crippen LogP) is 0.682. The lowest BCUT2D eigenvalue weighted by atomic mass is 10.1. The molecule has 1 amide bonds. The fraction of sp³-hybridized carbons (Fsp3) is 0.444. The van der Waals surface area contributed by atoms with Crippen LogP contribution in [-0.2, 0) is 35.5 Å². The van der Waals surface area contributed by atoms with E-state index in [9.17, 15) is 22.8 Å². The van der Waals surface area contributed by atoms with Crippen LogP contribution in [0.4, 0.5) is 0 Å². The molecular formula is C18H20N2O7S. The Kier molecular flexibility index (Phi) is 5.78. The summed E-state index contributed by atoms with van der Waals surface area (Å²) in [6.07, 6.45) is 0.512. The predicted molar refractivity (Wildman–Crippen MR) is 98.2 cm³/mol. The quantitative estimate of drug-likeness (QED) is 0.657. The summed E-state index contributed by atoms with van der Waals surface area (Å²) >= 11 is 0. The van der Waals surface area contributed by atoms with Gasteiger partial charge in [-0.15, -0.1) is 0 Å². The van der Waals surface area contributed by atoms with Crippen LogP contribution in [0.5, 0.6) is 0 Å². The second-order valence-corrected chi connectivity index (χ2v) is 8.84. The number of carbonyl (C=O) groups excluding carboxylic acids is 3. The lowest BCUT2D eigenvalue weighted by Gasteiger charge is -2.27. The van der Waals surface area contributed by atoms with E-state index in [1.54, 1.807) is 24.3 Å². The molecular weight excluding hydrogens is 388 g/mol. The van der Waals surface area contributed by atoms with Crippen LogP contribution < -0.4 is 0 Å². The van der Waals surface area contributed by atoms with Gasteiger partial charge in [0.15, 0.2) is 9.84 Å². The molecule has 0 unspecified atom stereocenters. The summed E-state index contributed by atoms with van der Waals surface area (Å²) in [4.78, 5) is 36.0. The molecule has 2 aliphatic rings. The van der Waals surface area contributed by atoms with Crippen molar-refractivity contribution in [2.45, 2.75) is 31.9 Å². The smallest absolute Gasteiger partial charge is 0.354 e. The van der Waals surface area contributed by atoms with Gasteiger partial charge in [-0.3, -0.25) is 4.79 Å². The molecule has 150 valence electrons. The third kappa shape index (κ3) is 4.56. The average molecular weight is 408 g/mol. The van der Waals surface area contributed by atoms with Crippen molar-refractivity contribution < 1.29 is 32.3 Å². The molecule has 1 saturated heterocycles. The Hall–Kier alpha value is -2.75. The Balaban J connectivity index is 1.66. The van der Waals surface area contributed by atoms with Gasteiger partial charge in [-0.1, -0.05) is 12.1 Å². The molecule has 28 heavy (non-hydrogen) atoms. The first-order valence-electron chi connectivity index (χ1n) is 8.73. The van der Waals surface area contributed by atoms with Gasteiger partial charge >= 0.3 is 11.9 Å². The molecule has 0 bridgehead atoms. The molecule has 2 aliphatic heterocycles. The fourth-order valence-electron chi connectivity index (χ4n) is 3.11. The van der Waals surface area contributed by atoms with E-state index in [0.717, 1.165) is 5.01 Å². The lowest BCUT2D eigenvalue weighted by Crippen LogP contribution is -2.42. The topological polar surface area (TPSA) is 119 Å². The highest BCUT2D eigenvalue weighted by Crippen LogP contribution is 2.22. The maximum atomic E-state index is 12.3. The first-order chi connectivity index (χ1) is 13.3. The van der Waals surface area contributed by atoms with Crippen LogP contribution in [0.2, 0.25) is 0 Å². The Morgan fingerprint density at radius 2 is 2.04 bits per heavy atom. The Morgan fingerprint density at radius 1 is 1.25 bits per heavy atom. The molecule has 3 rings (SSSR count). The van der Waals surface area contributed by atoms with Gasteiger partial charge in [0, 0.05) is 12.8 Å². The average Bonchev–Trinajstić information content (AvgIpc) is 3.05. The van der Waals surface area contributed by atoms with Crippen molar-refractivity contribution in [1.29, 1.82) is 0 Å². The third-order valence-electron chi connectivity index (χ3n) is 4.57. The second kappa shape index (κ2) is 8.09. The number of sulfone groups is 1. The summed E-state index contributed by atoms with van der Waals surface area (Å²) in [5.41, 5.74) is 1.01. The summed E-state index contributed by atoms with van der Waals surface area (Å²) in [6.45, 7) is -0.0750. The van der Waals surface area contributed by atoms with Crippen molar-refractivity contribution >= 4 is 33.4 Å². The Labute approximate surface area is 162 Å². The summed E-state index contributed by atoms with van der Waals surface area (Å²) in [5, 5.41) is 5.18. The number of benzene rings is 1. The van der Waals surface area contributed by atoms with E-state index in [-0.39, 0.29) is 42.6 Å². The first kappa shape index (κ1) is 20.0. The summed E-state index contributed by atoms with van der Waals surface area (Å²) in [5.74, 6) is -1.62. The molecule has 1 aromatic carbocycles. The normalized spacial score (nSPS) is 21.2. The van der Waals surface area contributed by atoms with Crippen LogP contribution in [-0.4, -0.2) is 61.6 Å². The number of methoxy groups -OCH3 is 1. The molecule has 1 aromatic rings. The van der Waals surface area contributed by atoms with Crippen LogP contribution in [0.3, 0.4) is 0 Å². The number of amides is 1. The van der Waals surface area contributed by atoms with Crippen LogP contribution in [0.15, 0.2) is 29.4 Å². The highest BCUT2D eigenvalue weighted by atomic mass is 32.2. The second-order valence-electron chi connectivity index (χ2n) is 6.61. The van der Waals surface area contributed by atoms with Gasteiger partial charge in [0.05, 0.1) is 30.2 Å². The first-order valence-corrected chi connectivity index (χ1v) is 10.6. The molecule has 0 aromatic heterocycles. The molecule has 0 aliphatic carbocycles. The van der Waals surface area contributed by atoms with Crippen molar-refractivity contribution in [1.82, 2.24) is 5.01 Å². The SMILES string of the molecule is COC(=O)c1cccc(COC(=O)C2=NN([C@@H]3CCS(=O)(=O)C3)C(=O)CC2)c1. The number of nitrogens with zero attached hydrogens (tertiary/aromatic N) is 2. The van der Waals surface area contributed by atoms with Gasteiger partial charge in [-0.25, -0.2) is 23.0 Å². The highest BCUT2D eigenvalue weighted by molar-refractivity contribution is 7.91. The van der Waals surface area contributed by atoms with Gasteiger partial charge in [-0.05, 0) is 24.1 Å². The zero-order valence-corrected chi connectivity index (χ0v) is 16.1. The zero-order chi connectivity index (χ0) is 20.3. The Morgan fingerprint density at radius 3 is 2.71 bits per heavy atom. The molecule has 10 heteroatoms. The summed E-state index contributed by atoms with van der Waals surface area (Å²) in [6, 6.07) is 5.94. The van der Waals surface area contributed by atoms with E-state index in [2.05, 4.69) is 9.84 Å². The minimum atomic E-state index is -3.18. The van der Waals surface area contributed by atoms with E-state index < -0.39 is 27.8 Å². The fourth-order valence-corrected chi connectivity index (χ4v) is 4.80. The maximum absolute atomic E-state index is 12.3. The van der Waals surface area contributed by atoms with Crippen LogP contribution in [0, 0.1) is 0 Å². The number of esters is 2. The van der Waals surface area contributed by atoms with Gasteiger partial charge in [0.2, 0.25) is 5.91 Å². The molecule has 2 heterocycles.